The molecule has 1 aliphatic heterocycles. The van der Waals surface area contributed by atoms with E-state index in [9.17, 15) is 14.4 Å². The number of nitrogens with one attached hydrogen (secondary N) is 2. The molecule has 1 atom stereocenters. The fraction of sp³-hybridized carbons (Fsp3) is 0.421. The van der Waals surface area contributed by atoms with E-state index in [-0.39, 0.29) is 12.1 Å². The topological polar surface area (TPSA) is 93.7 Å². The first-order valence-corrected chi connectivity index (χ1v) is 8.57. The summed E-state index contributed by atoms with van der Waals surface area (Å²) in [6, 6.07) is 5.55. The lowest BCUT2D eigenvalue weighted by Gasteiger charge is -2.30. The van der Waals surface area contributed by atoms with E-state index in [1.54, 1.807) is 38.1 Å². The molecule has 0 aromatic heterocycles. The van der Waals surface area contributed by atoms with Gasteiger partial charge in [0.1, 0.15) is 0 Å². The molecule has 0 saturated carbocycles. The number of methoxy groups -OCH3 is 1. The van der Waals surface area contributed by atoms with Crippen LogP contribution in [-0.2, 0) is 14.3 Å². The maximum Gasteiger partial charge on any atom is 0.338 e. The highest BCUT2D eigenvalue weighted by atomic mass is 16.5. The minimum absolute atomic E-state index is 0.280. The molecular formula is C19H24N2O5. The summed E-state index contributed by atoms with van der Waals surface area (Å²) in [5, 5.41) is 5.48. The van der Waals surface area contributed by atoms with Gasteiger partial charge in [0.2, 0.25) is 0 Å². The van der Waals surface area contributed by atoms with Crippen molar-refractivity contribution >= 4 is 18.0 Å². The molecule has 1 aromatic rings. The average Bonchev–Trinajstić information content (AvgIpc) is 2.60. The molecule has 2 amide bonds. The van der Waals surface area contributed by atoms with E-state index in [1.807, 2.05) is 6.92 Å². The molecule has 0 saturated heterocycles. The SMILES string of the molecule is CCCC1=C(C(=O)OC(C)C)C(c2ccc(C(=O)OC)cc2)NC(=O)N1. The van der Waals surface area contributed by atoms with Crippen LogP contribution in [0.2, 0.25) is 0 Å². The largest absolute Gasteiger partial charge is 0.465 e. The third-order valence-corrected chi connectivity index (χ3v) is 3.88. The second-order valence-electron chi connectivity index (χ2n) is 6.24. The van der Waals surface area contributed by atoms with E-state index in [2.05, 4.69) is 15.4 Å². The highest BCUT2D eigenvalue weighted by molar-refractivity contribution is 5.95. The Labute approximate surface area is 152 Å². The molecule has 7 heteroatoms. The fourth-order valence-corrected chi connectivity index (χ4v) is 2.76. The van der Waals surface area contributed by atoms with Crippen LogP contribution in [0.25, 0.3) is 0 Å². The lowest BCUT2D eigenvalue weighted by atomic mass is 9.93. The van der Waals surface area contributed by atoms with Crippen LogP contribution in [-0.4, -0.2) is 31.2 Å². The van der Waals surface area contributed by atoms with E-state index >= 15 is 0 Å². The lowest BCUT2D eigenvalue weighted by molar-refractivity contribution is -0.143. The smallest absolute Gasteiger partial charge is 0.338 e. The van der Waals surface area contributed by atoms with Crippen LogP contribution in [0.4, 0.5) is 4.79 Å². The molecule has 1 aromatic carbocycles. The number of allylic oxidation sites excluding steroid dienone is 1. The van der Waals surface area contributed by atoms with Crippen molar-refractivity contribution in [3.05, 3.63) is 46.7 Å². The summed E-state index contributed by atoms with van der Waals surface area (Å²) in [6.07, 6.45) is 1.03. The van der Waals surface area contributed by atoms with Gasteiger partial charge in [-0.15, -0.1) is 0 Å². The van der Waals surface area contributed by atoms with Crippen molar-refractivity contribution in [3.63, 3.8) is 0 Å². The van der Waals surface area contributed by atoms with Crippen LogP contribution in [0, 0.1) is 0 Å². The van der Waals surface area contributed by atoms with Crippen LogP contribution >= 0.6 is 0 Å². The Hall–Kier alpha value is -2.83. The van der Waals surface area contributed by atoms with E-state index in [4.69, 9.17) is 4.74 Å². The third-order valence-electron chi connectivity index (χ3n) is 3.88. The first-order valence-electron chi connectivity index (χ1n) is 8.57. The number of amides is 2. The van der Waals surface area contributed by atoms with E-state index < -0.39 is 18.0 Å². The average molecular weight is 360 g/mol. The molecule has 0 radical (unpaired) electrons. The van der Waals surface area contributed by atoms with Crippen molar-refractivity contribution in [2.24, 2.45) is 0 Å². The maximum absolute atomic E-state index is 12.7. The normalized spacial score (nSPS) is 16.8. The van der Waals surface area contributed by atoms with Crippen molar-refractivity contribution in [2.75, 3.05) is 7.11 Å². The number of hydrogen-bond acceptors (Lipinski definition) is 5. The predicted octanol–water partition coefficient (Wildman–Crippen LogP) is 2.83. The number of rotatable bonds is 6. The second-order valence-corrected chi connectivity index (χ2v) is 6.24. The third kappa shape index (κ3) is 4.41. The Bertz CT molecular complexity index is 722. The summed E-state index contributed by atoms with van der Waals surface area (Å²) >= 11 is 0. The minimum atomic E-state index is -0.650. The summed E-state index contributed by atoms with van der Waals surface area (Å²) < 4.78 is 10.1. The maximum atomic E-state index is 12.7. The van der Waals surface area contributed by atoms with Gasteiger partial charge in [0.25, 0.3) is 0 Å². The van der Waals surface area contributed by atoms with Gasteiger partial charge < -0.3 is 20.1 Å². The Balaban J connectivity index is 2.44. The molecular weight excluding hydrogens is 336 g/mol. The number of carbonyl (C=O) groups is 3. The van der Waals surface area contributed by atoms with Crippen LogP contribution in [0.3, 0.4) is 0 Å². The number of ether oxygens (including phenoxy) is 2. The molecule has 140 valence electrons. The van der Waals surface area contributed by atoms with Crippen LogP contribution in [0.1, 0.15) is 55.6 Å². The Morgan fingerprint density at radius 2 is 1.81 bits per heavy atom. The predicted molar refractivity (Wildman–Crippen MR) is 95.4 cm³/mol. The van der Waals surface area contributed by atoms with Gasteiger partial charge in [-0.1, -0.05) is 25.5 Å². The van der Waals surface area contributed by atoms with E-state index in [0.29, 0.717) is 28.8 Å². The molecule has 1 unspecified atom stereocenters. The first kappa shape index (κ1) is 19.5. The Kier molecular flexibility index (Phi) is 6.38. The molecule has 1 heterocycles. The van der Waals surface area contributed by atoms with Crippen molar-refractivity contribution in [1.29, 1.82) is 0 Å². The molecule has 0 fully saturated rings. The summed E-state index contributed by atoms with van der Waals surface area (Å²) in [6.45, 7) is 5.51. The number of hydrogen-bond donors (Lipinski definition) is 2. The quantitative estimate of drug-likeness (QED) is 0.761. The molecule has 0 bridgehead atoms. The van der Waals surface area contributed by atoms with Gasteiger partial charge in [-0.3, -0.25) is 0 Å². The van der Waals surface area contributed by atoms with Gasteiger partial charge >= 0.3 is 18.0 Å². The summed E-state index contributed by atoms with van der Waals surface area (Å²) in [5.41, 5.74) is 2.01. The van der Waals surface area contributed by atoms with Crippen molar-refractivity contribution in [2.45, 2.75) is 45.8 Å². The zero-order valence-electron chi connectivity index (χ0n) is 15.4. The zero-order chi connectivity index (χ0) is 19.3. The van der Waals surface area contributed by atoms with E-state index in [1.165, 1.54) is 7.11 Å². The van der Waals surface area contributed by atoms with Gasteiger partial charge in [-0.25, -0.2) is 14.4 Å². The van der Waals surface area contributed by atoms with E-state index in [0.717, 1.165) is 6.42 Å². The molecule has 2 rings (SSSR count). The van der Waals surface area contributed by atoms with Gasteiger partial charge in [-0.2, -0.15) is 0 Å². The second kappa shape index (κ2) is 8.51. The zero-order valence-corrected chi connectivity index (χ0v) is 15.4. The monoisotopic (exact) mass is 360 g/mol. The molecule has 0 spiro atoms. The van der Waals surface area contributed by atoms with Gasteiger partial charge in [-0.05, 0) is 38.0 Å². The highest BCUT2D eigenvalue weighted by Crippen LogP contribution is 2.30. The minimum Gasteiger partial charge on any atom is -0.465 e. The van der Waals surface area contributed by atoms with Gasteiger partial charge in [0.15, 0.2) is 0 Å². The standard InChI is InChI=1S/C19H24N2O5/c1-5-6-14-15(18(23)26-11(2)3)16(21-19(24)20-14)12-7-9-13(10-8-12)17(22)25-4/h7-11,16H,5-6H2,1-4H3,(H2,20,21,24). The number of carbonyl (C=O) groups excluding carboxylic acids is 3. The number of urea groups is 1. The summed E-state index contributed by atoms with van der Waals surface area (Å²) in [4.78, 5) is 36.3. The first-order chi connectivity index (χ1) is 12.4. The van der Waals surface area contributed by atoms with Crippen LogP contribution < -0.4 is 10.6 Å². The molecule has 0 aliphatic carbocycles. The highest BCUT2D eigenvalue weighted by Gasteiger charge is 2.33. The molecule has 7 nitrogen and oxygen atoms in total. The van der Waals surface area contributed by atoms with Gasteiger partial charge in [0.05, 0.1) is 30.4 Å². The Morgan fingerprint density at radius 3 is 2.35 bits per heavy atom. The van der Waals surface area contributed by atoms with Crippen molar-refractivity contribution in [1.82, 2.24) is 10.6 Å². The molecule has 2 N–H and O–H groups in total. The number of benzene rings is 1. The molecule has 26 heavy (non-hydrogen) atoms. The van der Waals surface area contributed by atoms with Crippen LogP contribution in [0.15, 0.2) is 35.5 Å². The summed E-state index contributed by atoms with van der Waals surface area (Å²) in [7, 11) is 1.31. The van der Waals surface area contributed by atoms with Crippen molar-refractivity contribution < 1.29 is 23.9 Å². The van der Waals surface area contributed by atoms with Crippen LogP contribution in [0.5, 0.6) is 0 Å². The summed E-state index contributed by atoms with van der Waals surface area (Å²) in [5.74, 6) is -0.925. The fourth-order valence-electron chi connectivity index (χ4n) is 2.76. The molecule has 1 aliphatic rings. The number of esters is 2. The van der Waals surface area contributed by atoms with Gasteiger partial charge in [0, 0.05) is 5.70 Å². The lowest BCUT2D eigenvalue weighted by Crippen LogP contribution is -2.46. The Morgan fingerprint density at radius 1 is 1.15 bits per heavy atom. The van der Waals surface area contributed by atoms with Crippen molar-refractivity contribution in [3.8, 4) is 0 Å².